The smallest absolute Gasteiger partial charge is 0.405 e. The van der Waals surface area contributed by atoms with E-state index < -0.39 is 6.09 Å². The summed E-state index contributed by atoms with van der Waals surface area (Å²) in [6.07, 6.45) is 4.56. The molecule has 1 heterocycles. The second-order valence-electron chi connectivity index (χ2n) is 5.72. The van der Waals surface area contributed by atoms with Crippen LogP contribution in [0.25, 0.3) is 0 Å². The number of aromatic nitrogens is 2. The largest absolute Gasteiger partial charge is 0.465 e. The monoisotopic (exact) mass is 297 g/mol. The van der Waals surface area contributed by atoms with Crippen LogP contribution in [-0.4, -0.2) is 32.2 Å². The zero-order valence-electron chi connectivity index (χ0n) is 10.8. The number of carbonyl (C=O) groups is 1. The van der Waals surface area contributed by atoms with E-state index in [0.29, 0.717) is 11.5 Å². The van der Waals surface area contributed by atoms with Gasteiger partial charge in [0.25, 0.3) is 0 Å². The van der Waals surface area contributed by atoms with Crippen molar-refractivity contribution in [2.24, 2.45) is 0 Å². The minimum absolute atomic E-state index is 0.158. The highest BCUT2D eigenvalue weighted by atomic mass is 35.5. The van der Waals surface area contributed by atoms with Gasteiger partial charge < -0.3 is 21.5 Å². The molecular weight excluding hydrogens is 282 g/mol. The standard InChI is InChI=1S/C12H16ClN5O2/c13-8-7(14)9(16-6-15-8)17-11-1-3-12(5-11,4-2-11)18-10(19)20/h6,18H,1-5,14H2,(H,19,20)(H,15,16,17). The molecular formula is C12H16ClN5O2. The van der Waals surface area contributed by atoms with Gasteiger partial charge in [-0.2, -0.15) is 0 Å². The van der Waals surface area contributed by atoms with Crippen LogP contribution in [0.3, 0.4) is 0 Å². The third-order valence-corrected chi connectivity index (χ3v) is 4.73. The molecule has 108 valence electrons. The Bertz CT molecular complexity index is 557. The van der Waals surface area contributed by atoms with Crippen molar-refractivity contribution in [3.8, 4) is 0 Å². The molecule has 1 amide bonds. The Balaban J connectivity index is 1.80. The van der Waals surface area contributed by atoms with Crippen molar-refractivity contribution in [1.29, 1.82) is 0 Å². The maximum atomic E-state index is 10.9. The molecule has 0 aliphatic heterocycles. The number of nitrogens with zero attached hydrogens (tertiary/aromatic N) is 2. The average molecular weight is 298 g/mol. The van der Waals surface area contributed by atoms with E-state index in [2.05, 4.69) is 20.6 Å². The van der Waals surface area contributed by atoms with Crippen LogP contribution in [0.4, 0.5) is 16.3 Å². The Morgan fingerprint density at radius 1 is 1.30 bits per heavy atom. The van der Waals surface area contributed by atoms with Gasteiger partial charge >= 0.3 is 6.09 Å². The van der Waals surface area contributed by atoms with Gasteiger partial charge in [-0.25, -0.2) is 14.8 Å². The molecule has 20 heavy (non-hydrogen) atoms. The van der Waals surface area contributed by atoms with E-state index in [1.165, 1.54) is 6.33 Å². The molecule has 0 unspecified atom stereocenters. The van der Waals surface area contributed by atoms with Gasteiger partial charge in [0.1, 0.15) is 12.0 Å². The molecule has 3 rings (SSSR count). The van der Waals surface area contributed by atoms with Crippen molar-refractivity contribution in [2.75, 3.05) is 11.1 Å². The van der Waals surface area contributed by atoms with Crippen LogP contribution in [0, 0.1) is 0 Å². The van der Waals surface area contributed by atoms with Gasteiger partial charge in [0, 0.05) is 11.1 Å². The number of rotatable bonds is 3. The van der Waals surface area contributed by atoms with Crippen LogP contribution < -0.4 is 16.4 Å². The maximum absolute atomic E-state index is 10.9. The van der Waals surface area contributed by atoms with E-state index >= 15 is 0 Å². The molecule has 0 saturated heterocycles. The zero-order valence-corrected chi connectivity index (χ0v) is 11.6. The van der Waals surface area contributed by atoms with Crippen LogP contribution in [0.1, 0.15) is 32.1 Å². The quantitative estimate of drug-likeness (QED) is 0.633. The second-order valence-corrected chi connectivity index (χ2v) is 6.08. The van der Waals surface area contributed by atoms with Crippen molar-refractivity contribution in [1.82, 2.24) is 15.3 Å². The highest BCUT2D eigenvalue weighted by Gasteiger charge is 2.55. The number of anilines is 2. The normalized spacial score (nSPS) is 31.2. The summed E-state index contributed by atoms with van der Waals surface area (Å²) in [5.41, 5.74) is 5.73. The molecule has 2 bridgehead atoms. The third-order valence-electron chi connectivity index (χ3n) is 4.43. The van der Waals surface area contributed by atoms with Crippen LogP contribution in [-0.2, 0) is 0 Å². The number of hydrogen-bond donors (Lipinski definition) is 4. The van der Waals surface area contributed by atoms with Crippen molar-refractivity contribution in [3.63, 3.8) is 0 Å². The van der Waals surface area contributed by atoms with Gasteiger partial charge in [-0.1, -0.05) is 11.6 Å². The lowest BCUT2D eigenvalue weighted by Gasteiger charge is -2.29. The SMILES string of the molecule is Nc1c(Cl)ncnc1NC12CCC(NC(=O)O)(CC1)C2. The first-order valence-corrected chi connectivity index (χ1v) is 6.87. The number of nitrogens with two attached hydrogens (primary N) is 1. The Kier molecular flexibility index (Phi) is 2.89. The van der Waals surface area contributed by atoms with E-state index in [4.69, 9.17) is 22.4 Å². The molecule has 0 aromatic carbocycles. The summed E-state index contributed by atoms with van der Waals surface area (Å²) in [4.78, 5) is 18.9. The van der Waals surface area contributed by atoms with Gasteiger partial charge in [-0.3, -0.25) is 0 Å². The van der Waals surface area contributed by atoms with E-state index in [1.54, 1.807) is 0 Å². The van der Waals surface area contributed by atoms with Crippen molar-refractivity contribution in [2.45, 2.75) is 43.2 Å². The fourth-order valence-corrected chi connectivity index (χ4v) is 3.63. The second kappa shape index (κ2) is 4.37. The number of carboxylic acid groups (broad SMARTS) is 1. The molecule has 2 aliphatic rings. The number of hydrogen-bond acceptors (Lipinski definition) is 5. The Morgan fingerprint density at radius 2 is 1.95 bits per heavy atom. The van der Waals surface area contributed by atoms with E-state index in [9.17, 15) is 4.79 Å². The molecule has 2 aliphatic carbocycles. The van der Waals surface area contributed by atoms with Crippen LogP contribution in [0.2, 0.25) is 5.15 Å². The third kappa shape index (κ3) is 2.11. The fraction of sp³-hybridized carbons (Fsp3) is 0.583. The van der Waals surface area contributed by atoms with Crippen molar-refractivity contribution in [3.05, 3.63) is 11.5 Å². The highest BCUT2D eigenvalue weighted by Crippen LogP contribution is 2.52. The molecule has 1 aromatic heterocycles. The first-order valence-electron chi connectivity index (χ1n) is 6.49. The summed E-state index contributed by atoms with van der Waals surface area (Å²) in [6.45, 7) is 0. The Morgan fingerprint density at radius 3 is 2.60 bits per heavy atom. The highest BCUT2D eigenvalue weighted by molar-refractivity contribution is 6.32. The summed E-state index contributed by atoms with van der Waals surface area (Å²) in [5.74, 6) is 0.526. The Labute approximate surface area is 120 Å². The van der Waals surface area contributed by atoms with Crippen molar-refractivity contribution >= 4 is 29.2 Å². The summed E-state index contributed by atoms with van der Waals surface area (Å²) in [6, 6.07) is 0. The summed E-state index contributed by atoms with van der Waals surface area (Å²) in [7, 11) is 0. The first kappa shape index (κ1) is 13.2. The molecule has 2 saturated carbocycles. The summed E-state index contributed by atoms with van der Waals surface area (Å²) >= 11 is 5.89. The van der Waals surface area contributed by atoms with Gasteiger partial charge in [0.15, 0.2) is 11.0 Å². The van der Waals surface area contributed by atoms with E-state index in [0.717, 1.165) is 32.1 Å². The topological polar surface area (TPSA) is 113 Å². The Hall–Kier alpha value is -1.76. The zero-order chi connectivity index (χ0) is 14.4. The molecule has 0 radical (unpaired) electrons. The van der Waals surface area contributed by atoms with Crippen LogP contribution in [0.5, 0.6) is 0 Å². The minimum Gasteiger partial charge on any atom is -0.465 e. The molecule has 1 aromatic rings. The minimum atomic E-state index is -0.965. The molecule has 0 atom stereocenters. The molecule has 7 nitrogen and oxygen atoms in total. The lowest BCUT2D eigenvalue weighted by molar-refractivity contribution is 0.177. The predicted octanol–water partition coefficient (Wildman–Crippen LogP) is 1.85. The van der Waals surface area contributed by atoms with E-state index in [1.807, 2.05) is 0 Å². The number of nitrogens with one attached hydrogen (secondary N) is 2. The van der Waals surface area contributed by atoms with Gasteiger partial charge in [0.05, 0.1) is 0 Å². The molecule has 8 heteroatoms. The number of nitrogen functional groups attached to an aromatic ring is 1. The van der Waals surface area contributed by atoms with Gasteiger partial charge in [-0.05, 0) is 32.1 Å². The van der Waals surface area contributed by atoms with Crippen LogP contribution in [0.15, 0.2) is 6.33 Å². The predicted molar refractivity (Wildman–Crippen MR) is 74.8 cm³/mol. The number of fused-ring (bicyclic) bond motifs is 2. The molecule has 2 fully saturated rings. The van der Waals surface area contributed by atoms with Crippen molar-refractivity contribution < 1.29 is 9.90 Å². The lowest BCUT2D eigenvalue weighted by Crippen LogP contribution is -2.44. The van der Waals surface area contributed by atoms with E-state index in [-0.39, 0.29) is 16.2 Å². The van der Waals surface area contributed by atoms with Gasteiger partial charge in [-0.15, -0.1) is 0 Å². The molecule has 5 N–H and O–H groups in total. The number of amides is 1. The van der Waals surface area contributed by atoms with Gasteiger partial charge in [0.2, 0.25) is 0 Å². The number of halogens is 1. The summed E-state index contributed by atoms with van der Waals surface area (Å²) < 4.78 is 0. The fourth-order valence-electron chi connectivity index (χ4n) is 3.50. The maximum Gasteiger partial charge on any atom is 0.405 e. The first-order chi connectivity index (χ1) is 9.44. The van der Waals surface area contributed by atoms with Crippen LogP contribution >= 0.6 is 11.6 Å². The average Bonchev–Trinajstić information content (AvgIpc) is 2.89. The molecule has 0 spiro atoms. The lowest BCUT2D eigenvalue weighted by atomic mass is 9.91. The summed E-state index contributed by atoms with van der Waals surface area (Å²) in [5, 5.41) is 15.2.